The van der Waals surface area contributed by atoms with E-state index in [9.17, 15) is 4.79 Å². The fraction of sp³-hybridized carbons (Fsp3) is 0.632. The van der Waals surface area contributed by atoms with E-state index in [1.165, 1.54) is 6.42 Å². The molecular formula is C19H32Cl2N4O3. The summed E-state index contributed by atoms with van der Waals surface area (Å²) >= 11 is 0. The molecule has 2 aliphatic rings. The van der Waals surface area contributed by atoms with Gasteiger partial charge in [0.25, 0.3) is 0 Å². The molecule has 1 unspecified atom stereocenters. The number of amides is 2. The summed E-state index contributed by atoms with van der Waals surface area (Å²) in [4.78, 5) is 16.8. The first-order valence-corrected chi connectivity index (χ1v) is 9.39. The molecule has 2 fully saturated rings. The Balaban J connectivity index is 0.00000196. The maximum absolute atomic E-state index is 12.4. The number of nitrogens with zero attached hydrogens (tertiary/aromatic N) is 2. The minimum Gasteiger partial charge on any atom is -0.493 e. The van der Waals surface area contributed by atoms with Gasteiger partial charge in [0.2, 0.25) is 0 Å². The van der Waals surface area contributed by atoms with Crippen molar-refractivity contribution in [2.75, 3.05) is 60.0 Å². The SMILES string of the molecule is COc1ccc(CCNC(=O)N2CCN(C3CCNC3)CC2)cc1OC.Cl.Cl. The van der Waals surface area contributed by atoms with Crippen LogP contribution in [0.4, 0.5) is 4.79 Å². The molecule has 0 aliphatic carbocycles. The molecule has 2 aliphatic heterocycles. The van der Waals surface area contributed by atoms with Crippen LogP contribution in [0.15, 0.2) is 18.2 Å². The number of hydrogen-bond acceptors (Lipinski definition) is 5. The van der Waals surface area contributed by atoms with Gasteiger partial charge in [0.05, 0.1) is 14.2 Å². The predicted molar refractivity (Wildman–Crippen MR) is 116 cm³/mol. The average Bonchev–Trinajstić information content (AvgIpc) is 3.22. The lowest BCUT2D eigenvalue weighted by atomic mass is 10.1. The molecule has 7 nitrogen and oxygen atoms in total. The van der Waals surface area contributed by atoms with E-state index in [1.807, 2.05) is 23.1 Å². The molecule has 0 bridgehead atoms. The smallest absolute Gasteiger partial charge is 0.317 e. The third-order valence-electron chi connectivity index (χ3n) is 5.29. The number of urea groups is 1. The van der Waals surface area contributed by atoms with Crippen LogP contribution in [0.3, 0.4) is 0 Å². The highest BCUT2D eigenvalue weighted by Crippen LogP contribution is 2.27. The molecule has 28 heavy (non-hydrogen) atoms. The molecule has 9 heteroatoms. The van der Waals surface area contributed by atoms with Gasteiger partial charge in [-0.05, 0) is 37.1 Å². The third kappa shape index (κ3) is 6.30. The number of nitrogens with one attached hydrogen (secondary N) is 2. The molecular weight excluding hydrogens is 403 g/mol. The van der Waals surface area contributed by atoms with Crippen LogP contribution < -0.4 is 20.1 Å². The van der Waals surface area contributed by atoms with Crippen LogP contribution in [-0.4, -0.2) is 81.9 Å². The second-order valence-corrected chi connectivity index (χ2v) is 6.84. The Kier molecular flexibility index (Phi) is 10.7. The molecule has 2 N–H and O–H groups in total. The van der Waals surface area contributed by atoms with Crippen molar-refractivity contribution < 1.29 is 14.3 Å². The van der Waals surface area contributed by atoms with Crippen LogP contribution in [0.25, 0.3) is 0 Å². The van der Waals surface area contributed by atoms with E-state index in [0.29, 0.717) is 18.3 Å². The second-order valence-electron chi connectivity index (χ2n) is 6.84. The van der Waals surface area contributed by atoms with Crippen LogP contribution in [0.5, 0.6) is 11.5 Å². The topological polar surface area (TPSA) is 66.1 Å². The van der Waals surface area contributed by atoms with Crippen molar-refractivity contribution in [2.45, 2.75) is 18.9 Å². The number of carbonyl (C=O) groups excluding carboxylic acids is 1. The fourth-order valence-electron chi connectivity index (χ4n) is 3.70. The number of rotatable bonds is 6. The summed E-state index contributed by atoms with van der Waals surface area (Å²) in [5.41, 5.74) is 1.11. The maximum Gasteiger partial charge on any atom is 0.317 e. The van der Waals surface area contributed by atoms with Gasteiger partial charge >= 0.3 is 6.03 Å². The van der Waals surface area contributed by atoms with E-state index in [1.54, 1.807) is 14.2 Å². The summed E-state index contributed by atoms with van der Waals surface area (Å²) in [5.74, 6) is 1.43. The molecule has 1 aromatic carbocycles. The van der Waals surface area contributed by atoms with E-state index in [2.05, 4.69) is 15.5 Å². The summed E-state index contributed by atoms with van der Waals surface area (Å²) in [6, 6.07) is 6.54. The number of methoxy groups -OCH3 is 2. The summed E-state index contributed by atoms with van der Waals surface area (Å²) in [6.07, 6.45) is 1.98. The van der Waals surface area contributed by atoms with Gasteiger partial charge in [-0.25, -0.2) is 4.79 Å². The van der Waals surface area contributed by atoms with E-state index < -0.39 is 0 Å². The Morgan fingerprint density at radius 2 is 1.86 bits per heavy atom. The van der Waals surface area contributed by atoms with Crippen LogP contribution in [0.1, 0.15) is 12.0 Å². The zero-order valence-electron chi connectivity index (χ0n) is 16.6. The highest BCUT2D eigenvalue weighted by molar-refractivity contribution is 5.85. The Hall–Kier alpha value is -1.41. The van der Waals surface area contributed by atoms with Gasteiger partial charge in [0.15, 0.2) is 11.5 Å². The van der Waals surface area contributed by atoms with Crippen molar-refractivity contribution in [1.82, 2.24) is 20.4 Å². The first-order chi connectivity index (χ1) is 12.7. The van der Waals surface area contributed by atoms with E-state index in [0.717, 1.165) is 57.0 Å². The molecule has 2 amide bonds. The quantitative estimate of drug-likeness (QED) is 0.713. The molecule has 2 heterocycles. The predicted octanol–water partition coefficient (Wildman–Crippen LogP) is 1.78. The maximum atomic E-state index is 12.4. The van der Waals surface area contributed by atoms with Gasteiger partial charge in [-0.2, -0.15) is 0 Å². The van der Waals surface area contributed by atoms with E-state index in [-0.39, 0.29) is 30.8 Å². The van der Waals surface area contributed by atoms with E-state index in [4.69, 9.17) is 9.47 Å². The van der Waals surface area contributed by atoms with Crippen molar-refractivity contribution in [1.29, 1.82) is 0 Å². The molecule has 0 saturated carbocycles. The Morgan fingerprint density at radius 1 is 1.14 bits per heavy atom. The van der Waals surface area contributed by atoms with Crippen LogP contribution in [0.2, 0.25) is 0 Å². The molecule has 2 saturated heterocycles. The number of carbonyl (C=O) groups is 1. The Bertz CT molecular complexity index is 607. The minimum absolute atomic E-state index is 0. The van der Waals surface area contributed by atoms with E-state index >= 15 is 0 Å². The lowest BCUT2D eigenvalue weighted by Crippen LogP contribution is -2.54. The standard InChI is InChI=1S/C19H30N4O3.2ClH/c1-25-17-4-3-15(13-18(17)26-2)5-8-21-19(24)23-11-9-22(10-12-23)16-6-7-20-14-16;;/h3-4,13,16,20H,5-12,14H2,1-2H3,(H,21,24);2*1H. The number of benzene rings is 1. The van der Waals surface area contributed by atoms with Crippen LogP contribution >= 0.6 is 24.8 Å². The first-order valence-electron chi connectivity index (χ1n) is 9.39. The molecule has 1 aromatic rings. The van der Waals surface area contributed by atoms with Gasteiger partial charge < -0.3 is 25.0 Å². The number of halogens is 2. The number of piperazine rings is 1. The first kappa shape index (κ1) is 24.6. The van der Waals surface area contributed by atoms with Gasteiger partial charge in [-0.1, -0.05) is 6.07 Å². The van der Waals surface area contributed by atoms with Crippen molar-refractivity contribution in [3.05, 3.63) is 23.8 Å². The summed E-state index contributed by atoms with van der Waals surface area (Å²) in [6.45, 7) is 6.35. The molecule has 0 spiro atoms. The minimum atomic E-state index is 0. The normalized spacial score (nSPS) is 19.4. The zero-order valence-corrected chi connectivity index (χ0v) is 18.2. The van der Waals surface area contributed by atoms with Gasteiger partial charge in [0, 0.05) is 45.3 Å². The lowest BCUT2D eigenvalue weighted by molar-refractivity contribution is 0.114. The Labute approximate surface area is 179 Å². The monoisotopic (exact) mass is 434 g/mol. The molecule has 160 valence electrons. The van der Waals surface area contributed by atoms with Crippen LogP contribution in [-0.2, 0) is 6.42 Å². The highest BCUT2D eigenvalue weighted by Gasteiger charge is 2.27. The molecule has 0 aromatic heterocycles. The second kappa shape index (κ2) is 12.2. The van der Waals surface area contributed by atoms with Gasteiger partial charge in [-0.3, -0.25) is 4.90 Å². The van der Waals surface area contributed by atoms with Gasteiger partial charge in [-0.15, -0.1) is 24.8 Å². The molecule has 1 atom stereocenters. The van der Waals surface area contributed by atoms with Crippen LogP contribution in [0, 0.1) is 0 Å². The highest BCUT2D eigenvalue weighted by atomic mass is 35.5. The molecule has 0 radical (unpaired) electrons. The zero-order chi connectivity index (χ0) is 18.4. The molecule has 3 rings (SSSR count). The summed E-state index contributed by atoms with van der Waals surface area (Å²) in [7, 11) is 3.26. The van der Waals surface area contributed by atoms with Crippen molar-refractivity contribution in [3.8, 4) is 11.5 Å². The number of hydrogen-bond donors (Lipinski definition) is 2. The summed E-state index contributed by atoms with van der Waals surface area (Å²) < 4.78 is 10.6. The number of ether oxygens (including phenoxy) is 2. The largest absolute Gasteiger partial charge is 0.493 e. The Morgan fingerprint density at radius 3 is 2.46 bits per heavy atom. The fourth-order valence-corrected chi connectivity index (χ4v) is 3.70. The van der Waals surface area contributed by atoms with Gasteiger partial charge in [0.1, 0.15) is 0 Å². The third-order valence-corrected chi connectivity index (χ3v) is 5.29. The van der Waals surface area contributed by atoms with Crippen molar-refractivity contribution in [3.63, 3.8) is 0 Å². The average molecular weight is 435 g/mol. The van der Waals surface area contributed by atoms with Crippen molar-refractivity contribution in [2.24, 2.45) is 0 Å². The van der Waals surface area contributed by atoms with Crippen molar-refractivity contribution >= 4 is 30.8 Å². The summed E-state index contributed by atoms with van der Waals surface area (Å²) in [5, 5.41) is 6.45. The lowest BCUT2D eigenvalue weighted by Gasteiger charge is -2.37.